The summed E-state index contributed by atoms with van der Waals surface area (Å²) in [4.78, 5) is 11.2. The summed E-state index contributed by atoms with van der Waals surface area (Å²) in [5, 5.41) is 9.45. The average molecular weight is 364 g/mol. The highest BCUT2D eigenvalue weighted by atomic mass is 35.5. The van der Waals surface area contributed by atoms with E-state index in [0.29, 0.717) is 12.0 Å². The summed E-state index contributed by atoms with van der Waals surface area (Å²) in [5.74, 6) is -1.64. The normalized spacial score (nSPS) is 13.3. The Labute approximate surface area is 141 Å². The Balaban J connectivity index is 2.92. The summed E-state index contributed by atoms with van der Waals surface area (Å²) in [6, 6.07) is 4.39. The van der Waals surface area contributed by atoms with Gasteiger partial charge in [0.25, 0.3) is 0 Å². The second kappa shape index (κ2) is 8.63. The van der Waals surface area contributed by atoms with Crippen molar-refractivity contribution in [3.8, 4) is 0 Å². The Bertz CT molecular complexity index is 645. The lowest BCUT2D eigenvalue weighted by molar-refractivity contribution is -0.142. The molecule has 0 spiro atoms. The maximum atomic E-state index is 12.4. The Morgan fingerprint density at radius 1 is 1.35 bits per heavy atom. The molecule has 23 heavy (non-hydrogen) atoms. The Hall–Kier alpha value is -1.15. The van der Waals surface area contributed by atoms with E-state index in [-0.39, 0.29) is 29.0 Å². The zero-order valence-electron chi connectivity index (χ0n) is 13.4. The number of sulfonamides is 1. The number of rotatable bonds is 9. The second-order valence-corrected chi connectivity index (χ2v) is 7.95. The summed E-state index contributed by atoms with van der Waals surface area (Å²) >= 11 is 5.93. The van der Waals surface area contributed by atoms with E-state index in [4.69, 9.17) is 16.3 Å². The lowest BCUT2D eigenvalue weighted by atomic mass is 9.98. The fourth-order valence-electron chi connectivity index (χ4n) is 2.16. The standard InChI is InChI=1S/C15H22ClNO5S/c1-10(2)4-12(15(18)19)8-17-23(20,21)14-6-11(9-22-3)5-13(16)7-14/h5-7,10,12,17H,4,8-9H2,1-3H3,(H,18,19). The van der Waals surface area contributed by atoms with Gasteiger partial charge in [-0.05, 0) is 36.1 Å². The van der Waals surface area contributed by atoms with Crippen LogP contribution in [0.1, 0.15) is 25.8 Å². The molecule has 1 unspecified atom stereocenters. The number of halogens is 1. The van der Waals surface area contributed by atoms with Crippen LogP contribution in [0.3, 0.4) is 0 Å². The van der Waals surface area contributed by atoms with Crippen LogP contribution in [0.15, 0.2) is 23.1 Å². The number of benzene rings is 1. The first-order chi connectivity index (χ1) is 10.7. The first-order valence-electron chi connectivity index (χ1n) is 7.16. The SMILES string of the molecule is COCc1cc(Cl)cc(S(=O)(=O)NCC(CC(C)C)C(=O)O)c1. The van der Waals surface area contributed by atoms with Crippen molar-refractivity contribution in [2.45, 2.75) is 31.8 Å². The molecule has 0 amide bonds. The molecule has 1 atom stereocenters. The van der Waals surface area contributed by atoms with E-state index < -0.39 is 21.9 Å². The van der Waals surface area contributed by atoms with Crippen molar-refractivity contribution in [1.82, 2.24) is 4.72 Å². The van der Waals surface area contributed by atoms with Crippen LogP contribution in [0.2, 0.25) is 5.02 Å². The molecule has 0 saturated carbocycles. The predicted octanol–water partition coefficient (Wildman–Crippen LogP) is 2.51. The summed E-state index contributed by atoms with van der Waals surface area (Å²) in [6.45, 7) is 3.84. The predicted molar refractivity (Wildman–Crippen MR) is 87.9 cm³/mol. The van der Waals surface area contributed by atoms with Crippen molar-refractivity contribution in [1.29, 1.82) is 0 Å². The molecule has 0 aliphatic rings. The van der Waals surface area contributed by atoms with Gasteiger partial charge in [-0.15, -0.1) is 0 Å². The lowest BCUT2D eigenvalue weighted by Gasteiger charge is -2.16. The van der Waals surface area contributed by atoms with Crippen molar-refractivity contribution in [3.63, 3.8) is 0 Å². The molecule has 0 bridgehead atoms. The number of ether oxygens (including phenoxy) is 1. The highest BCUT2D eigenvalue weighted by Crippen LogP contribution is 2.20. The molecule has 130 valence electrons. The van der Waals surface area contributed by atoms with Gasteiger partial charge in [0.2, 0.25) is 10.0 Å². The smallest absolute Gasteiger partial charge is 0.307 e. The number of aliphatic carboxylic acids is 1. The van der Waals surface area contributed by atoms with Crippen LogP contribution in [0.25, 0.3) is 0 Å². The quantitative estimate of drug-likeness (QED) is 0.703. The van der Waals surface area contributed by atoms with Crippen molar-refractivity contribution in [3.05, 3.63) is 28.8 Å². The number of nitrogens with one attached hydrogen (secondary N) is 1. The largest absolute Gasteiger partial charge is 0.481 e. The van der Waals surface area contributed by atoms with E-state index in [2.05, 4.69) is 4.72 Å². The van der Waals surface area contributed by atoms with Gasteiger partial charge in [-0.25, -0.2) is 13.1 Å². The van der Waals surface area contributed by atoms with Gasteiger partial charge >= 0.3 is 5.97 Å². The van der Waals surface area contributed by atoms with Crippen molar-refractivity contribution >= 4 is 27.6 Å². The van der Waals surface area contributed by atoms with E-state index in [9.17, 15) is 18.3 Å². The molecule has 1 aromatic carbocycles. The zero-order chi connectivity index (χ0) is 17.6. The third kappa shape index (κ3) is 6.47. The Morgan fingerprint density at radius 2 is 2.00 bits per heavy atom. The Morgan fingerprint density at radius 3 is 2.52 bits per heavy atom. The van der Waals surface area contributed by atoms with Gasteiger partial charge in [-0.3, -0.25) is 4.79 Å². The van der Waals surface area contributed by atoms with E-state index in [1.54, 1.807) is 6.07 Å². The van der Waals surface area contributed by atoms with Crippen molar-refractivity contribution < 1.29 is 23.1 Å². The first-order valence-corrected chi connectivity index (χ1v) is 9.02. The molecule has 0 fully saturated rings. The van der Waals surface area contributed by atoms with Crippen molar-refractivity contribution in [2.24, 2.45) is 11.8 Å². The first kappa shape index (κ1) is 19.9. The summed E-state index contributed by atoms with van der Waals surface area (Å²) < 4.78 is 32.0. The zero-order valence-corrected chi connectivity index (χ0v) is 14.9. The number of carboxylic acid groups (broad SMARTS) is 1. The minimum Gasteiger partial charge on any atom is -0.481 e. The second-order valence-electron chi connectivity index (χ2n) is 5.74. The molecule has 8 heteroatoms. The molecular weight excluding hydrogens is 342 g/mol. The van der Waals surface area contributed by atoms with Gasteiger partial charge in [-0.2, -0.15) is 0 Å². The van der Waals surface area contributed by atoms with E-state index in [1.165, 1.54) is 19.2 Å². The molecular formula is C15H22ClNO5S. The Kier molecular flexibility index (Phi) is 7.47. The van der Waals surface area contributed by atoms with Crippen LogP contribution < -0.4 is 4.72 Å². The number of hydrogen-bond acceptors (Lipinski definition) is 4. The van der Waals surface area contributed by atoms with Crippen LogP contribution in [0.5, 0.6) is 0 Å². The van der Waals surface area contributed by atoms with E-state index in [0.717, 1.165) is 0 Å². The van der Waals surface area contributed by atoms with Crippen LogP contribution >= 0.6 is 11.6 Å². The lowest BCUT2D eigenvalue weighted by Crippen LogP contribution is -2.33. The van der Waals surface area contributed by atoms with E-state index >= 15 is 0 Å². The van der Waals surface area contributed by atoms with Gasteiger partial charge in [0.05, 0.1) is 17.4 Å². The fourth-order valence-corrected chi connectivity index (χ4v) is 3.66. The minimum absolute atomic E-state index is 0.00858. The van der Waals surface area contributed by atoms with Gasteiger partial charge < -0.3 is 9.84 Å². The summed E-state index contributed by atoms with van der Waals surface area (Å²) in [7, 11) is -2.34. The van der Waals surface area contributed by atoms with Crippen LogP contribution in [-0.4, -0.2) is 33.1 Å². The fraction of sp³-hybridized carbons (Fsp3) is 0.533. The van der Waals surface area contributed by atoms with Gasteiger partial charge in [0, 0.05) is 18.7 Å². The van der Waals surface area contributed by atoms with Gasteiger partial charge in [0.1, 0.15) is 0 Å². The maximum absolute atomic E-state index is 12.4. The summed E-state index contributed by atoms with van der Waals surface area (Å²) in [5.41, 5.74) is 0.623. The summed E-state index contributed by atoms with van der Waals surface area (Å²) in [6.07, 6.45) is 0.391. The van der Waals surface area contributed by atoms with Crippen molar-refractivity contribution in [2.75, 3.05) is 13.7 Å². The van der Waals surface area contributed by atoms with Crippen LogP contribution in [0.4, 0.5) is 0 Å². The minimum atomic E-state index is -3.84. The molecule has 2 N–H and O–H groups in total. The molecule has 0 aliphatic carbocycles. The average Bonchev–Trinajstić information content (AvgIpc) is 2.42. The molecule has 1 rings (SSSR count). The van der Waals surface area contributed by atoms with Gasteiger partial charge in [-0.1, -0.05) is 25.4 Å². The number of methoxy groups -OCH3 is 1. The van der Waals surface area contributed by atoms with Crippen LogP contribution in [-0.2, 0) is 26.2 Å². The highest BCUT2D eigenvalue weighted by Gasteiger charge is 2.23. The monoisotopic (exact) mass is 363 g/mol. The van der Waals surface area contributed by atoms with Gasteiger partial charge in [0.15, 0.2) is 0 Å². The molecule has 0 radical (unpaired) electrons. The van der Waals surface area contributed by atoms with Crippen LogP contribution in [0, 0.1) is 11.8 Å². The number of hydrogen-bond donors (Lipinski definition) is 2. The van der Waals surface area contributed by atoms with E-state index in [1.807, 2.05) is 13.8 Å². The number of carboxylic acids is 1. The molecule has 0 aromatic heterocycles. The molecule has 0 heterocycles. The third-order valence-electron chi connectivity index (χ3n) is 3.18. The highest BCUT2D eigenvalue weighted by molar-refractivity contribution is 7.89. The molecule has 0 saturated heterocycles. The topological polar surface area (TPSA) is 92.7 Å². The third-order valence-corrected chi connectivity index (χ3v) is 4.80. The maximum Gasteiger partial charge on any atom is 0.307 e. The molecule has 6 nitrogen and oxygen atoms in total. The molecule has 1 aromatic rings. The molecule has 0 aliphatic heterocycles. The number of carbonyl (C=O) groups is 1.